The monoisotopic (exact) mass is 173 g/mol. The van der Waals surface area contributed by atoms with E-state index in [1.54, 1.807) is 0 Å². The molecule has 0 atom stereocenters. The van der Waals surface area contributed by atoms with E-state index in [-0.39, 0.29) is 24.2 Å². The lowest BCUT2D eigenvalue weighted by Gasteiger charge is -2.25. The Balaban J connectivity index is 2.25. The number of rotatable bonds is 5. The SMILES string of the molecule is CC(C)(CO)CNC1(CO)CC1. The third-order valence-corrected chi connectivity index (χ3v) is 2.53. The average Bonchev–Trinajstić information content (AvgIpc) is 2.82. The van der Waals surface area contributed by atoms with Gasteiger partial charge in [0, 0.05) is 24.1 Å². The molecular weight excluding hydrogens is 154 g/mol. The molecule has 0 amide bonds. The Morgan fingerprint density at radius 1 is 1.33 bits per heavy atom. The predicted octanol–water partition coefficient (Wildman–Crippen LogP) is 0.119. The van der Waals surface area contributed by atoms with Gasteiger partial charge in [0.25, 0.3) is 0 Å². The maximum absolute atomic E-state index is 9.00. The first-order valence-corrected chi connectivity index (χ1v) is 4.50. The summed E-state index contributed by atoms with van der Waals surface area (Å²) in [6.45, 7) is 5.18. The molecule has 1 rings (SSSR count). The molecule has 0 aromatic rings. The normalized spacial score (nSPS) is 21.0. The van der Waals surface area contributed by atoms with Crippen LogP contribution in [0.15, 0.2) is 0 Å². The fourth-order valence-corrected chi connectivity index (χ4v) is 1.02. The molecule has 3 N–H and O–H groups in total. The zero-order chi connectivity index (χ0) is 9.24. The van der Waals surface area contributed by atoms with Crippen molar-refractivity contribution in [3.05, 3.63) is 0 Å². The molecule has 3 nitrogen and oxygen atoms in total. The lowest BCUT2D eigenvalue weighted by Crippen LogP contribution is -2.42. The van der Waals surface area contributed by atoms with Gasteiger partial charge < -0.3 is 15.5 Å². The van der Waals surface area contributed by atoms with Gasteiger partial charge in [0.2, 0.25) is 0 Å². The van der Waals surface area contributed by atoms with E-state index in [0.29, 0.717) is 0 Å². The van der Waals surface area contributed by atoms with E-state index in [9.17, 15) is 0 Å². The Hall–Kier alpha value is -0.120. The Bertz CT molecular complexity index is 147. The third-order valence-electron chi connectivity index (χ3n) is 2.53. The summed E-state index contributed by atoms with van der Waals surface area (Å²) < 4.78 is 0. The van der Waals surface area contributed by atoms with Crippen molar-refractivity contribution in [3.8, 4) is 0 Å². The minimum Gasteiger partial charge on any atom is -0.396 e. The third kappa shape index (κ3) is 2.44. The smallest absolute Gasteiger partial charge is 0.0613 e. The first kappa shape index (κ1) is 9.96. The summed E-state index contributed by atoms with van der Waals surface area (Å²) in [5, 5.41) is 21.3. The molecule has 0 bridgehead atoms. The fraction of sp³-hybridized carbons (Fsp3) is 1.00. The number of aliphatic hydroxyl groups excluding tert-OH is 2. The van der Waals surface area contributed by atoms with Gasteiger partial charge in [-0.1, -0.05) is 13.8 Å². The molecule has 1 fully saturated rings. The van der Waals surface area contributed by atoms with Gasteiger partial charge in [-0.25, -0.2) is 0 Å². The topological polar surface area (TPSA) is 52.5 Å². The van der Waals surface area contributed by atoms with Crippen LogP contribution in [-0.2, 0) is 0 Å². The van der Waals surface area contributed by atoms with Crippen LogP contribution in [0.3, 0.4) is 0 Å². The van der Waals surface area contributed by atoms with Gasteiger partial charge in [0.05, 0.1) is 6.61 Å². The van der Waals surface area contributed by atoms with Gasteiger partial charge in [-0.3, -0.25) is 0 Å². The highest BCUT2D eigenvalue weighted by Crippen LogP contribution is 2.35. The highest BCUT2D eigenvalue weighted by atomic mass is 16.3. The fourth-order valence-electron chi connectivity index (χ4n) is 1.02. The molecule has 0 unspecified atom stereocenters. The van der Waals surface area contributed by atoms with Crippen LogP contribution in [0, 0.1) is 5.41 Å². The zero-order valence-electron chi connectivity index (χ0n) is 7.93. The number of aliphatic hydroxyl groups is 2. The second-order valence-corrected chi connectivity index (χ2v) is 4.61. The van der Waals surface area contributed by atoms with Gasteiger partial charge in [0.15, 0.2) is 0 Å². The van der Waals surface area contributed by atoms with Gasteiger partial charge >= 0.3 is 0 Å². The van der Waals surface area contributed by atoms with Crippen LogP contribution >= 0.6 is 0 Å². The number of hydrogen-bond donors (Lipinski definition) is 3. The van der Waals surface area contributed by atoms with E-state index >= 15 is 0 Å². The van der Waals surface area contributed by atoms with Gasteiger partial charge in [-0.2, -0.15) is 0 Å². The second-order valence-electron chi connectivity index (χ2n) is 4.61. The predicted molar refractivity (Wildman–Crippen MR) is 47.9 cm³/mol. The zero-order valence-corrected chi connectivity index (χ0v) is 7.93. The highest BCUT2D eigenvalue weighted by Gasteiger charge is 2.42. The molecule has 0 spiro atoms. The molecule has 0 aromatic carbocycles. The molecular formula is C9H19NO2. The second kappa shape index (κ2) is 3.32. The summed E-state index contributed by atoms with van der Waals surface area (Å²) in [6, 6.07) is 0. The summed E-state index contributed by atoms with van der Waals surface area (Å²) >= 11 is 0. The van der Waals surface area contributed by atoms with Crippen molar-refractivity contribution in [2.75, 3.05) is 19.8 Å². The molecule has 12 heavy (non-hydrogen) atoms. The van der Waals surface area contributed by atoms with Crippen molar-refractivity contribution in [2.45, 2.75) is 32.2 Å². The van der Waals surface area contributed by atoms with Crippen LogP contribution < -0.4 is 5.32 Å². The molecule has 3 heteroatoms. The molecule has 72 valence electrons. The van der Waals surface area contributed by atoms with E-state index in [0.717, 1.165) is 19.4 Å². The molecule has 0 aliphatic heterocycles. The summed E-state index contributed by atoms with van der Waals surface area (Å²) in [4.78, 5) is 0. The Morgan fingerprint density at radius 3 is 2.25 bits per heavy atom. The summed E-state index contributed by atoms with van der Waals surface area (Å²) in [5.41, 5.74) is -0.0861. The molecule has 0 heterocycles. The standard InChI is InChI=1S/C9H19NO2/c1-8(2,6-11)5-10-9(7-12)3-4-9/h10-12H,3-7H2,1-2H3. The van der Waals surface area contributed by atoms with Gasteiger partial charge in [-0.05, 0) is 12.8 Å². The van der Waals surface area contributed by atoms with Gasteiger partial charge in [0.1, 0.15) is 0 Å². The van der Waals surface area contributed by atoms with Crippen LogP contribution in [0.5, 0.6) is 0 Å². The molecule has 1 aliphatic rings. The highest BCUT2D eigenvalue weighted by molar-refractivity contribution is 5.02. The van der Waals surface area contributed by atoms with Crippen molar-refractivity contribution >= 4 is 0 Å². The summed E-state index contributed by atoms with van der Waals surface area (Å²) in [5.74, 6) is 0. The summed E-state index contributed by atoms with van der Waals surface area (Å²) in [6.07, 6.45) is 2.12. The number of nitrogens with one attached hydrogen (secondary N) is 1. The molecule has 0 aromatic heterocycles. The number of hydrogen-bond acceptors (Lipinski definition) is 3. The van der Waals surface area contributed by atoms with Crippen LogP contribution in [0.1, 0.15) is 26.7 Å². The van der Waals surface area contributed by atoms with E-state index in [1.807, 2.05) is 13.8 Å². The molecule has 0 radical (unpaired) electrons. The Kier molecular flexibility index (Phi) is 2.76. The minimum atomic E-state index is -0.0786. The summed E-state index contributed by atoms with van der Waals surface area (Å²) in [7, 11) is 0. The van der Waals surface area contributed by atoms with Crippen molar-refractivity contribution in [1.82, 2.24) is 5.32 Å². The van der Waals surface area contributed by atoms with Crippen LogP contribution in [0.25, 0.3) is 0 Å². The molecule has 1 aliphatic carbocycles. The van der Waals surface area contributed by atoms with E-state index < -0.39 is 0 Å². The lowest BCUT2D eigenvalue weighted by molar-refractivity contribution is 0.141. The average molecular weight is 173 g/mol. The quantitative estimate of drug-likeness (QED) is 0.553. The molecule has 1 saturated carbocycles. The van der Waals surface area contributed by atoms with Gasteiger partial charge in [-0.15, -0.1) is 0 Å². The lowest BCUT2D eigenvalue weighted by atomic mass is 9.94. The maximum atomic E-state index is 9.00. The van der Waals surface area contributed by atoms with E-state index in [1.165, 1.54) is 0 Å². The van der Waals surface area contributed by atoms with Crippen molar-refractivity contribution in [1.29, 1.82) is 0 Å². The van der Waals surface area contributed by atoms with E-state index in [4.69, 9.17) is 10.2 Å². The van der Waals surface area contributed by atoms with Crippen LogP contribution in [0.2, 0.25) is 0 Å². The van der Waals surface area contributed by atoms with Crippen LogP contribution in [0.4, 0.5) is 0 Å². The first-order valence-electron chi connectivity index (χ1n) is 4.50. The van der Waals surface area contributed by atoms with E-state index in [2.05, 4.69) is 5.32 Å². The van der Waals surface area contributed by atoms with Crippen molar-refractivity contribution in [3.63, 3.8) is 0 Å². The van der Waals surface area contributed by atoms with Crippen molar-refractivity contribution < 1.29 is 10.2 Å². The molecule has 0 saturated heterocycles. The Morgan fingerprint density at radius 2 is 1.92 bits per heavy atom. The van der Waals surface area contributed by atoms with Crippen LogP contribution in [-0.4, -0.2) is 35.5 Å². The van der Waals surface area contributed by atoms with Crippen molar-refractivity contribution in [2.24, 2.45) is 5.41 Å². The minimum absolute atomic E-state index is 0.00750. The first-order chi connectivity index (χ1) is 5.54. The maximum Gasteiger partial charge on any atom is 0.0613 e. The Labute approximate surface area is 73.8 Å². The largest absolute Gasteiger partial charge is 0.396 e.